The molecular weight excluding hydrogens is 283 g/mol. The van der Waals surface area contributed by atoms with E-state index in [9.17, 15) is 9.18 Å². The number of fused-ring (bicyclic) bond motifs is 1. The van der Waals surface area contributed by atoms with Gasteiger partial charge in [-0.15, -0.1) is 6.58 Å². The number of ether oxygens (including phenoxy) is 1. The Morgan fingerprint density at radius 2 is 2.18 bits per heavy atom. The van der Waals surface area contributed by atoms with Gasteiger partial charge in [0.25, 0.3) is 0 Å². The predicted octanol–water partition coefficient (Wildman–Crippen LogP) is 2.90. The van der Waals surface area contributed by atoms with E-state index in [4.69, 9.17) is 4.74 Å². The Bertz CT molecular complexity index is 717. The Morgan fingerprint density at radius 3 is 2.82 bits per heavy atom. The van der Waals surface area contributed by atoms with Gasteiger partial charge >= 0.3 is 5.97 Å². The molecule has 0 aromatic heterocycles. The number of benzene rings is 1. The van der Waals surface area contributed by atoms with Crippen LogP contribution in [-0.4, -0.2) is 30.2 Å². The lowest BCUT2D eigenvalue weighted by molar-refractivity contribution is -0.136. The molecule has 0 unspecified atom stereocenters. The number of hydrogen-bond donors (Lipinski definition) is 0. The highest BCUT2D eigenvalue weighted by Gasteiger charge is 2.33. The second-order valence-corrected chi connectivity index (χ2v) is 5.05. The van der Waals surface area contributed by atoms with Crippen LogP contribution in [0.5, 0.6) is 0 Å². The SMILES string of the molecule is C=C[C@H]1CC(C(=O)OC)=C2C=NC(c3ccc(F)cc3)=CN21. The molecular formula is C17H15FN2O2. The number of aliphatic imine (C=N–C) groups is 1. The molecule has 1 atom stereocenters. The lowest BCUT2D eigenvalue weighted by atomic mass is 10.1. The normalized spacial score (nSPS) is 19.8. The lowest BCUT2D eigenvalue weighted by Crippen LogP contribution is -2.25. The zero-order valence-electron chi connectivity index (χ0n) is 12.1. The van der Waals surface area contributed by atoms with Gasteiger partial charge in [-0.3, -0.25) is 4.99 Å². The monoisotopic (exact) mass is 298 g/mol. The lowest BCUT2D eigenvalue weighted by Gasteiger charge is -2.25. The summed E-state index contributed by atoms with van der Waals surface area (Å²) in [5.74, 6) is -0.641. The molecule has 0 saturated heterocycles. The largest absolute Gasteiger partial charge is 0.466 e. The van der Waals surface area contributed by atoms with Crippen LogP contribution in [0.3, 0.4) is 0 Å². The van der Waals surface area contributed by atoms with E-state index in [1.165, 1.54) is 19.2 Å². The number of esters is 1. The second-order valence-electron chi connectivity index (χ2n) is 5.05. The Labute approximate surface area is 127 Å². The van der Waals surface area contributed by atoms with Gasteiger partial charge < -0.3 is 9.64 Å². The van der Waals surface area contributed by atoms with Crippen LogP contribution in [0.1, 0.15) is 12.0 Å². The van der Waals surface area contributed by atoms with Gasteiger partial charge in [-0.1, -0.05) is 6.08 Å². The van der Waals surface area contributed by atoms with Crippen LogP contribution in [0, 0.1) is 5.82 Å². The molecule has 22 heavy (non-hydrogen) atoms. The molecule has 2 aliphatic heterocycles. The molecule has 0 saturated carbocycles. The molecule has 0 spiro atoms. The highest BCUT2D eigenvalue weighted by atomic mass is 19.1. The molecule has 5 heteroatoms. The van der Waals surface area contributed by atoms with Crippen LogP contribution in [0.2, 0.25) is 0 Å². The highest BCUT2D eigenvalue weighted by Crippen LogP contribution is 2.34. The van der Waals surface area contributed by atoms with Gasteiger partial charge in [-0.05, 0) is 24.3 Å². The number of hydrogen-bond acceptors (Lipinski definition) is 4. The predicted molar refractivity (Wildman–Crippen MR) is 82.4 cm³/mol. The first-order valence-electron chi connectivity index (χ1n) is 6.88. The molecule has 3 rings (SSSR count). The van der Waals surface area contributed by atoms with Crippen molar-refractivity contribution in [2.75, 3.05) is 7.11 Å². The second kappa shape index (κ2) is 5.60. The third-order valence-electron chi connectivity index (χ3n) is 3.79. The van der Waals surface area contributed by atoms with Crippen molar-refractivity contribution in [1.29, 1.82) is 0 Å². The molecule has 2 aliphatic rings. The quantitative estimate of drug-likeness (QED) is 0.636. The van der Waals surface area contributed by atoms with Crippen molar-refractivity contribution in [3.8, 4) is 0 Å². The molecule has 1 aromatic carbocycles. The van der Waals surface area contributed by atoms with Crippen molar-refractivity contribution < 1.29 is 13.9 Å². The number of carbonyl (C=O) groups excluding carboxylic acids is 1. The van der Waals surface area contributed by atoms with Crippen molar-refractivity contribution >= 4 is 17.9 Å². The summed E-state index contributed by atoms with van der Waals surface area (Å²) >= 11 is 0. The van der Waals surface area contributed by atoms with E-state index in [1.807, 2.05) is 11.1 Å². The van der Waals surface area contributed by atoms with Crippen LogP contribution in [0.25, 0.3) is 5.70 Å². The minimum atomic E-state index is -0.352. The molecule has 0 amide bonds. The number of halogens is 1. The van der Waals surface area contributed by atoms with Gasteiger partial charge in [-0.25, -0.2) is 9.18 Å². The summed E-state index contributed by atoms with van der Waals surface area (Å²) in [5.41, 5.74) is 2.83. The summed E-state index contributed by atoms with van der Waals surface area (Å²) in [6, 6.07) is 6.12. The van der Waals surface area contributed by atoms with Crippen molar-refractivity contribution in [1.82, 2.24) is 4.90 Å². The Balaban J connectivity index is 1.99. The Hall–Kier alpha value is -2.69. The van der Waals surface area contributed by atoms with Crippen LogP contribution in [-0.2, 0) is 9.53 Å². The minimum Gasteiger partial charge on any atom is -0.466 e. The molecule has 0 radical (unpaired) electrons. The van der Waals surface area contributed by atoms with Crippen LogP contribution < -0.4 is 0 Å². The molecule has 112 valence electrons. The van der Waals surface area contributed by atoms with Gasteiger partial charge in [0.05, 0.1) is 36.3 Å². The van der Waals surface area contributed by atoms with Crippen molar-refractivity contribution in [2.45, 2.75) is 12.5 Å². The average Bonchev–Trinajstić information content (AvgIpc) is 2.92. The van der Waals surface area contributed by atoms with E-state index >= 15 is 0 Å². The standard InChI is InChI=1S/C17H15FN2O2/c1-3-13-8-14(17(21)22-2)16-9-19-15(10-20(13)16)11-4-6-12(18)7-5-11/h3-7,9-10,13H,1,8H2,2H3/t13-/m0/s1. The first-order valence-corrected chi connectivity index (χ1v) is 6.88. The first kappa shape index (κ1) is 14.3. The van der Waals surface area contributed by atoms with E-state index in [-0.39, 0.29) is 17.8 Å². The fourth-order valence-electron chi connectivity index (χ4n) is 2.63. The van der Waals surface area contributed by atoms with Gasteiger partial charge in [0.15, 0.2) is 0 Å². The smallest absolute Gasteiger partial charge is 0.335 e. The van der Waals surface area contributed by atoms with Gasteiger partial charge in [-0.2, -0.15) is 0 Å². The zero-order valence-corrected chi connectivity index (χ0v) is 12.1. The average molecular weight is 298 g/mol. The zero-order chi connectivity index (χ0) is 15.7. The molecule has 0 aliphatic carbocycles. The number of rotatable bonds is 3. The Kier molecular flexibility index (Phi) is 3.63. The van der Waals surface area contributed by atoms with E-state index in [2.05, 4.69) is 11.6 Å². The van der Waals surface area contributed by atoms with Crippen molar-refractivity contribution in [2.24, 2.45) is 4.99 Å². The summed E-state index contributed by atoms with van der Waals surface area (Å²) in [7, 11) is 1.36. The molecule has 1 aromatic rings. The Morgan fingerprint density at radius 1 is 1.45 bits per heavy atom. The number of carbonyl (C=O) groups is 1. The summed E-state index contributed by atoms with van der Waals surface area (Å²) in [6.07, 6.45) is 5.82. The third kappa shape index (κ3) is 2.35. The van der Waals surface area contributed by atoms with Crippen LogP contribution in [0.15, 0.2) is 59.4 Å². The molecule has 2 heterocycles. The number of allylic oxidation sites excluding steroid dienone is 1. The highest BCUT2D eigenvalue weighted by molar-refractivity contribution is 6.00. The fraction of sp³-hybridized carbons (Fsp3) is 0.176. The molecule has 0 fully saturated rings. The number of methoxy groups -OCH3 is 1. The van der Waals surface area contributed by atoms with Gasteiger partial charge in [0.1, 0.15) is 5.82 Å². The molecule has 0 N–H and O–H groups in total. The van der Waals surface area contributed by atoms with Crippen molar-refractivity contribution in [3.63, 3.8) is 0 Å². The van der Waals surface area contributed by atoms with E-state index in [1.54, 1.807) is 24.4 Å². The van der Waals surface area contributed by atoms with E-state index < -0.39 is 0 Å². The fourth-order valence-corrected chi connectivity index (χ4v) is 2.63. The maximum absolute atomic E-state index is 13.0. The van der Waals surface area contributed by atoms with Crippen LogP contribution in [0.4, 0.5) is 4.39 Å². The maximum Gasteiger partial charge on any atom is 0.335 e. The maximum atomic E-state index is 13.0. The molecule has 4 nitrogen and oxygen atoms in total. The van der Waals surface area contributed by atoms with E-state index in [0.29, 0.717) is 17.7 Å². The van der Waals surface area contributed by atoms with Gasteiger partial charge in [0, 0.05) is 18.2 Å². The number of nitrogens with zero attached hydrogens (tertiary/aromatic N) is 2. The third-order valence-corrected chi connectivity index (χ3v) is 3.79. The molecule has 0 bridgehead atoms. The van der Waals surface area contributed by atoms with Gasteiger partial charge in [0.2, 0.25) is 0 Å². The van der Waals surface area contributed by atoms with Crippen LogP contribution >= 0.6 is 0 Å². The first-order chi connectivity index (χ1) is 10.6. The van der Waals surface area contributed by atoms with Crippen molar-refractivity contribution in [3.05, 3.63) is 65.8 Å². The summed E-state index contributed by atoms with van der Waals surface area (Å²) in [6.45, 7) is 3.82. The summed E-state index contributed by atoms with van der Waals surface area (Å²) in [5, 5.41) is 0. The van der Waals surface area contributed by atoms with E-state index in [0.717, 1.165) is 11.3 Å². The minimum absolute atomic E-state index is 0.0219. The summed E-state index contributed by atoms with van der Waals surface area (Å²) in [4.78, 5) is 18.2. The topological polar surface area (TPSA) is 41.9 Å². The summed E-state index contributed by atoms with van der Waals surface area (Å²) < 4.78 is 17.8.